The molecule has 0 aliphatic rings. The SMILES string of the molecule is Cc1cc(F)ccc1CCc1nc2nc(N)[nH]c(=O)c2[nH]1.Cl. The Labute approximate surface area is 131 Å². The molecule has 22 heavy (non-hydrogen) atoms. The number of hydrogen-bond acceptors (Lipinski definition) is 4. The van der Waals surface area contributed by atoms with Gasteiger partial charge in [0.25, 0.3) is 5.56 Å². The van der Waals surface area contributed by atoms with Gasteiger partial charge in [0.2, 0.25) is 5.95 Å². The molecule has 2 heterocycles. The molecule has 0 spiro atoms. The summed E-state index contributed by atoms with van der Waals surface area (Å²) in [6.07, 6.45) is 1.29. The number of rotatable bonds is 3. The Morgan fingerprint density at radius 1 is 1.23 bits per heavy atom. The number of anilines is 1. The maximum atomic E-state index is 13.1. The Morgan fingerprint density at radius 3 is 2.73 bits per heavy atom. The molecule has 0 amide bonds. The van der Waals surface area contributed by atoms with Crippen LogP contribution in [0.3, 0.4) is 0 Å². The largest absolute Gasteiger partial charge is 0.369 e. The lowest BCUT2D eigenvalue weighted by Gasteiger charge is -2.04. The molecule has 0 unspecified atom stereocenters. The summed E-state index contributed by atoms with van der Waals surface area (Å²) in [6, 6.07) is 4.70. The molecule has 0 aliphatic heterocycles. The number of benzene rings is 1. The molecule has 2 aromatic heterocycles. The molecule has 6 nitrogen and oxygen atoms in total. The molecule has 0 saturated carbocycles. The zero-order valence-corrected chi connectivity index (χ0v) is 12.6. The summed E-state index contributed by atoms with van der Waals surface area (Å²) < 4.78 is 13.1. The van der Waals surface area contributed by atoms with Gasteiger partial charge < -0.3 is 10.7 Å². The van der Waals surface area contributed by atoms with Crippen LogP contribution >= 0.6 is 12.4 Å². The lowest BCUT2D eigenvalue weighted by Crippen LogP contribution is -2.10. The predicted molar refractivity (Wildman–Crippen MR) is 84.7 cm³/mol. The van der Waals surface area contributed by atoms with Crippen molar-refractivity contribution in [1.29, 1.82) is 0 Å². The molecule has 0 aliphatic carbocycles. The molecule has 116 valence electrons. The Kier molecular flexibility index (Phi) is 4.46. The number of halogens is 2. The first kappa shape index (κ1) is 16.0. The molecule has 1 aromatic carbocycles. The number of nitrogens with one attached hydrogen (secondary N) is 2. The maximum absolute atomic E-state index is 13.1. The summed E-state index contributed by atoms with van der Waals surface area (Å²) in [6.45, 7) is 1.87. The second kappa shape index (κ2) is 6.15. The van der Waals surface area contributed by atoms with E-state index in [1.165, 1.54) is 12.1 Å². The van der Waals surface area contributed by atoms with Crippen molar-refractivity contribution in [2.45, 2.75) is 19.8 Å². The van der Waals surface area contributed by atoms with E-state index in [1.807, 2.05) is 6.92 Å². The summed E-state index contributed by atoms with van der Waals surface area (Å²) in [7, 11) is 0. The van der Waals surface area contributed by atoms with Crippen LogP contribution in [0.1, 0.15) is 17.0 Å². The fraction of sp³-hybridized carbons (Fsp3) is 0.214. The monoisotopic (exact) mass is 323 g/mol. The number of nitrogens with two attached hydrogens (primary N) is 1. The van der Waals surface area contributed by atoms with E-state index in [2.05, 4.69) is 19.9 Å². The van der Waals surface area contributed by atoms with Crippen molar-refractivity contribution in [2.75, 3.05) is 5.73 Å². The first-order valence-corrected chi connectivity index (χ1v) is 6.52. The standard InChI is InChI=1S/C14H14FN5O.ClH/c1-7-6-9(15)4-2-8(7)3-5-10-17-11-12(18-10)19-14(16)20-13(11)21;/h2,4,6H,3,5H2,1H3,(H4,16,17,18,19,20,21);1H. The van der Waals surface area contributed by atoms with Gasteiger partial charge in [0.05, 0.1) is 0 Å². The highest BCUT2D eigenvalue weighted by Gasteiger charge is 2.09. The molecule has 0 atom stereocenters. The normalized spacial score (nSPS) is 10.6. The third-order valence-corrected chi connectivity index (χ3v) is 3.36. The second-order valence-electron chi connectivity index (χ2n) is 4.90. The predicted octanol–water partition coefficient (Wildman–Crippen LogP) is 1.88. The van der Waals surface area contributed by atoms with Gasteiger partial charge >= 0.3 is 0 Å². The van der Waals surface area contributed by atoms with Gasteiger partial charge in [-0.2, -0.15) is 4.98 Å². The zero-order chi connectivity index (χ0) is 15.0. The summed E-state index contributed by atoms with van der Waals surface area (Å²) in [5, 5.41) is 0. The minimum absolute atomic E-state index is 0. The van der Waals surface area contributed by atoms with Gasteiger partial charge in [0.1, 0.15) is 11.6 Å². The third-order valence-electron chi connectivity index (χ3n) is 3.36. The zero-order valence-electron chi connectivity index (χ0n) is 11.8. The van der Waals surface area contributed by atoms with Crippen molar-refractivity contribution < 1.29 is 4.39 Å². The van der Waals surface area contributed by atoms with E-state index >= 15 is 0 Å². The van der Waals surface area contributed by atoms with Crippen molar-refractivity contribution in [1.82, 2.24) is 19.9 Å². The number of fused-ring (bicyclic) bond motifs is 1. The number of aryl methyl sites for hydroxylation is 3. The number of hydrogen-bond donors (Lipinski definition) is 3. The molecule has 0 radical (unpaired) electrons. The van der Waals surface area contributed by atoms with Crippen molar-refractivity contribution in [3.05, 3.63) is 51.3 Å². The average molecular weight is 324 g/mol. The number of H-pyrrole nitrogens is 2. The molecular formula is C14H15ClFN5O. The van der Waals surface area contributed by atoms with Crippen LogP contribution in [0.4, 0.5) is 10.3 Å². The Balaban J connectivity index is 0.00000176. The van der Waals surface area contributed by atoms with E-state index in [-0.39, 0.29) is 29.7 Å². The fourth-order valence-electron chi connectivity index (χ4n) is 2.28. The van der Waals surface area contributed by atoms with Crippen LogP contribution in [-0.2, 0) is 12.8 Å². The van der Waals surface area contributed by atoms with Gasteiger partial charge in [-0.15, -0.1) is 12.4 Å². The van der Waals surface area contributed by atoms with Crippen LogP contribution in [0.2, 0.25) is 0 Å². The number of imidazole rings is 1. The smallest absolute Gasteiger partial charge is 0.278 e. The number of nitrogens with zero attached hydrogens (tertiary/aromatic N) is 2. The van der Waals surface area contributed by atoms with Gasteiger partial charge in [-0.1, -0.05) is 6.07 Å². The van der Waals surface area contributed by atoms with Gasteiger partial charge in [0, 0.05) is 6.42 Å². The number of aromatic nitrogens is 4. The summed E-state index contributed by atoms with van der Waals surface area (Å²) >= 11 is 0. The summed E-state index contributed by atoms with van der Waals surface area (Å²) in [4.78, 5) is 25.3. The molecule has 0 bridgehead atoms. The molecular weight excluding hydrogens is 309 g/mol. The molecule has 4 N–H and O–H groups in total. The van der Waals surface area contributed by atoms with E-state index < -0.39 is 0 Å². The van der Waals surface area contributed by atoms with Gasteiger partial charge in [0.15, 0.2) is 11.2 Å². The average Bonchev–Trinajstić information content (AvgIpc) is 2.81. The van der Waals surface area contributed by atoms with E-state index in [0.29, 0.717) is 29.8 Å². The Morgan fingerprint density at radius 2 is 2.00 bits per heavy atom. The Hall–Kier alpha value is -2.41. The molecule has 8 heteroatoms. The Bertz CT molecular complexity index is 873. The van der Waals surface area contributed by atoms with Gasteiger partial charge in [-0.05, 0) is 36.6 Å². The number of aromatic amines is 2. The van der Waals surface area contributed by atoms with E-state index in [4.69, 9.17) is 5.73 Å². The molecule has 0 fully saturated rings. The van der Waals surface area contributed by atoms with E-state index in [1.54, 1.807) is 6.07 Å². The van der Waals surface area contributed by atoms with E-state index in [9.17, 15) is 9.18 Å². The van der Waals surface area contributed by atoms with Crippen molar-refractivity contribution in [3.63, 3.8) is 0 Å². The maximum Gasteiger partial charge on any atom is 0.278 e. The van der Waals surface area contributed by atoms with Crippen molar-refractivity contribution in [2.24, 2.45) is 0 Å². The van der Waals surface area contributed by atoms with Crippen molar-refractivity contribution >= 4 is 29.5 Å². The van der Waals surface area contributed by atoms with Crippen molar-refractivity contribution in [3.8, 4) is 0 Å². The minimum atomic E-state index is -0.339. The van der Waals surface area contributed by atoms with Crippen LogP contribution in [0.25, 0.3) is 11.2 Å². The number of nitrogen functional groups attached to an aromatic ring is 1. The first-order valence-electron chi connectivity index (χ1n) is 6.52. The summed E-state index contributed by atoms with van der Waals surface area (Å²) in [5.74, 6) is 0.448. The molecule has 0 saturated heterocycles. The summed E-state index contributed by atoms with van der Waals surface area (Å²) in [5.41, 5.74) is 7.70. The highest BCUT2D eigenvalue weighted by atomic mass is 35.5. The topological polar surface area (TPSA) is 100 Å². The lowest BCUT2D eigenvalue weighted by molar-refractivity contribution is 0.625. The van der Waals surface area contributed by atoms with Gasteiger partial charge in [-0.3, -0.25) is 9.78 Å². The third kappa shape index (κ3) is 3.09. The van der Waals surface area contributed by atoms with E-state index in [0.717, 1.165) is 11.1 Å². The first-order chi connectivity index (χ1) is 10.0. The second-order valence-corrected chi connectivity index (χ2v) is 4.90. The molecule has 3 aromatic rings. The van der Waals surface area contributed by atoms with Crippen LogP contribution in [0.15, 0.2) is 23.0 Å². The van der Waals surface area contributed by atoms with Crippen LogP contribution in [-0.4, -0.2) is 19.9 Å². The minimum Gasteiger partial charge on any atom is -0.369 e. The highest BCUT2D eigenvalue weighted by Crippen LogP contribution is 2.13. The fourth-order valence-corrected chi connectivity index (χ4v) is 2.28. The van der Waals surface area contributed by atoms with Crippen LogP contribution in [0.5, 0.6) is 0 Å². The molecule has 3 rings (SSSR count). The van der Waals surface area contributed by atoms with Crippen LogP contribution < -0.4 is 11.3 Å². The quantitative estimate of drug-likeness (QED) is 0.685. The highest BCUT2D eigenvalue weighted by molar-refractivity contribution is 5.85. The van der Waals surface area contributed by atoms with Crippen LogP contribution in [0, 0.1) is 12.7 Å². The lowest BCUT2D eigenvalue weighted by atomic mass is 10.0. The van der Waals surface area contributed by atoms with Gasteiger partial charge in [-0.25, -0.2) is 9.37 Å².